The van der Waals surface area contributed by atoms with Gasteiger partial charge in [0.25, 0.3) is 0 Å². The molecule has 0 radical (unpaired) electrons. The first-order chi connectivity index (χ1) is 11.8. The van der Waals surface area contributed by atoms with Crippen molar-refractivity contribution in [3.8, 4) is 11.4 Å². The summed E-state index contributed by atoms with van der Waals surface area (Å²) in [5, 5.41) is 4.05. The normalized spacial score (nSPS) is 14.5. The molecule has 4 heterocycles. The number of pyridine rings is 1. The van der Waals surface area contributed by atoms with Crippen molar-refractivity contribution in [1.82, 2.24) is 30.0 Å². The molecule has 0 N–H and O–H groups in total. The van der Waals surface area contributed by atoms with Crippen LogP contribution < -0.4 is 0 Å². The lowest BCUT2D eigenvalue weighted by atomic mass is 10.1. The molecule has 0 amide bonds. The highest BCUT2D eigenvalue weighted by atomic mass is 16.5. The molecule has 7 nitrogen and oxygen atoms in total. The van der Waals surface area contributed by atoms with E-state index in [9.17, 15) is 0 Å². The molecule has 0 aromatic carbocycles. The van der Waals surface area contributed by atoms with Crippen LogP contribution in [0.3, 0.4) is 0 Å². The summed E-state index contributed by atoms with van der Waals surface area (Å²) >= 11 is 0. The van der Waals surface area contributed by atoms with Crippen LogP contribution >= 0.6 is 0 Å². The van der Waals surface area contributed by atoms with Crippen LogP contribution in [0.5, 0.6) is 0 Å². The molecule has 0 bridgehead atoms. The lowest BCUT2D eigenvalue weighted by molar-refractivity contribution is 0.207. The smallest absolute Gasteiger partial charge is 0.241 e. The summed E-state index contributed by atoms with van der Waals surface area (Å²) in [6.45, 7) is 4.42. The van der Waals surface area contributed by atoms with E-state index >= 15 is 0 Å². The molecule has 24 heavy (non-hydrogen) atoms. The van der Waals surface area contributed by atoms with E-state index in [0.29, 0.717) is 18.3 Å². The minimum absolute atomic E-state index is 0.575. The summed E-state index contributed by atoms with van der Waals surface area (Å²) in [6, 6.07) is 3.78. The first-order valence-electron chi connectivity index (χ1n) is 8.11. The van der Waals surface area contributed by atoms with Crippen LogP contribution in [0.25, 0.3) is 11.4 Å². The van der Waals surface area contributed by atoms with E-state index in [1.54, 1.807) is 12.4 Å². The monoisotopic (exact) mass is 322 g/mol. The Morgan fingerprint density at radius 3 is 3.04 bits per heavy atom. The average Bonchev–Trinajstić information content (AvgIpc) is 3.10. The number of aryl methyl sites for hydroxylation is 1. The summed E-state index contributed by atoms with van der Waals surface area (Å²) in [5.41, 5.74) is 3.21. The van der Waals surface area contributed by atoms with Crippen molar-refractivity contribution in [2.24, 2.45) is 0 Å². The second-order valence-corrected chi connectivity index (χ2v) is 5.83. The average molecular weight is 322 g/mol. The Morgan fingerprint density at radius 1 is 1.25 bits per heavy atom. The largest absolute Gasteiger partial charge is 0.338 e. The van der Waals surface area contributed by atoms with Gasteiger partial charge in [-0.2, -0.15) is 4.98 Å². The van der Waals surface area contributed by atoms with Crippen LogP contribution in [0.4, 0.5) is 0 Å². The summed E-state index contributed by atoms with van der Waals surface area (Å²) in [6.07, 6.45) is 7.22. The van der Waals surface area contributed by atoms with Gasteiger partial charge in [-0.1, -0.05) is 12.1 Å². The van der Waals surface area contributed by atoms with Crippen LogP contribution in [-0.4, -0.2) is 36.5 Å². The molecule has 0 spiro atoms. The van der Waals surface area contributed by atoms with E-state index in [2.05, 4.69) is 36.9 Å². The molecule has 0 unspecified atom stereocenters. The predicted octanol–water partition coefficient (Wildman–Crippen LogP) is 2.04. The minimum atomic E-state index is 0.575. The third-order valence-electron chi connectivity index (χ3n) is 4.14. The quantitative estimate of drug-likeness (QED) is 0.727. The van der Waals surface area contributed by atoms with E-state index < -0.39 is 0 Å². The molecule has 3 aromatic rings. The molecular weight excluding hydrogens is 304 g/mol. The van der Waals surface area contributed by atoms with Crippen LogP contribution in [0, 0.1) is 0 Å². The Morgan fingerprint density at radius 2 is 2.21 bits per heavy atom. The van der Waals surface area contributed by atoms with E-state index in [0.717, 1.165) is 43.0 Å². The molecular formula is C17H18N6O. The van der Waals surface area contributed by atoms with Crippen LogP contribution in [0.15, 0.2) is 35.2 Å². The molecule has 4 rings (SSSR count). The van der Waals surface area contributed by atoms with Gasteiger partial charge >= 0.3 is 0 Å². The first kappa shape index (κ1) is 14.9. The fourth-order valence-electron chi connectivity index (χ4n) is 2.83. The number of hydrogen-bond donors (Lipinski definition) is 0. The molecule has 0 saturated heterocycles. The summed E-state index contributed by atoms with van der Waals surface area (Å²) in [5.74, 6) is 2.08. The molecule has 0 atom stereocenters. The van der Waals surface area contributed by atoms with E-state index in [-0.39, 0.29) is 0 Å². The summed E-state index contributed by atoms with van der Waals surface area (Å²) in [7, 11) is 0. The van der Waals surface area contributed by atoms with E-state index in [1.807, 2.05) is 18.3 Å². The topological polar surface area (TPSA) is 80.8 Å². The van der Waals surface area contributed by atoms with Gasteiger partial charge in [0.1, 0.15) is 5.82 Å². The lowest BCUT2D eigenvalue weighted by Crippen LogP contribution is -2.31. The number of aromatic nitrogens is 5. The highest BCUT2D eigenvalue weighted by Gasteiger charge is 2.20. The predicted molar refractivity (Wildman–Crippen MR) is 86.8 cm³/mol. The Labute approximate surface area is 139 Å². The number of hydrogen-bond acceptors (Lipinski definition) is 7. The van der Waals surface area contributed by atoms with Gasteiger partial charge in [-0.25, -0.2) is 9.97 Å². The second kappa shape index (κ2) is 6.45. The van der Waals surface area contributed by atoms with Gasteiger partial charge in [-0.3, -0.25) is 9.88 Å². The van der Waals surface area contributed by atoms with Crippen molar-refractivity contribution in [3.05, 3.63) is 53.7 Å². The SMILES string of the molecule is CCc1ncc2c(n1)CN(Cc1nc(-c3cccnc3)no1)CC2. The van der Waals surface area contributed by atoms with Crippen molar-refractivity contribution in [2.45, 2.75) is 32.9 Å². The van der Waals surface area contributed by atoms with Crippen molar-refractivity contribution >= 4 is 0 Å². The zero-order chi connectivity index (χ0) is 16.4. The Hall–Kier alpha value is -2.67. The van der Waals surface area contributed by atoms with Gasteiger partial charge in [0.2, 0.25) is 11.7 Å². The Balaban J connectivity index is 1.47. The molecule has 7 heteroatoms. The Bertz CT molecular complexity index is 832. The molecule has 0 saturated carbocycles. The maximum atomic E-state index is 5.39. The number of nitrogens with zero attached hydrogens (tertiary/aromatic N) is 6. The molecule has 0 fully saturated rings. The van der Waals surface area contributed by atoms with Gasteiger partial charge < -0.3 is 4.52 Å². The van der Waals surface area contributed by atoms with Crippen molar-refractivity contribution < 1.29 is 4.52 Å². The summed E-state index contributed by atoms with van der Waals surface area (Å²) < 4.78 is 5.39. The second-order valence-electron chi connectivity index (χ2n) is 5.83. The number of rotatable bonds is 4. The zero-order valence-corrected chi connectivity index (χ0v) is 13.5. The fraction of sp³-hybridized carbons (Fsp3) is 0.353. The van der Waals surface area contributed by atoms with Gasteiger partial charge in [-0.15, -0.1) is 0 Å². The van der Waals surface area contributed by atoms with Crippen LogP contribution in [0.1, 0.15) is 29.9 Å². The molecule has 122 valence electrons. The highest BCUT2D eigenvalue weighted by Crippen LogP contribution is 2.19. The maximum Gasteiger partial charge on any atom is 0.241 e. The summed E-state index contributed by atoms with van der Waals surface area (Å²) in [4.78, 5) is 19.9. The standard InChI is InChI=1S/C17H18N6O/c1-2-15-19-9-12-5-7-23(10-14(12)20-15)11-16-21-17(22-24-16)13-4-3-6-18-8-13/h3-4,6,8-9H,2,5,7,10-11H2,1H3. The van der Waals surface area contributed by atoms with Gasteiger partial charge in [0.05, 0.1) is 12.2 Å². The van der Waals surface area contributed by atoms with Gasteiger partial charge in [-0.05, 0) is 24.1 Å². The maximum absolute atomic E-state index is 5.39. The van der Waals surface area contributed by atoms with Crippen LogP contribution in [-0.2, 0) is 25.9 Å². The fourth-order valence-corrected chi connectivity index (χ4v) is 2.83. The van der Waals surface area contributed by atoms with Crippen molar-refractivity contribution in [2.75, 3.05) is 6.54 Å². The first-order valence-corrected chi connectivity index (χ1v) is 8.11. The van der Waals surface area contributed by atoms with Crippen LogP contribution in [0.2, 0.25) is 0 Å². The van der Waals surface area contributed by atoms with Gasteiger partial charge in [0, 0.05) is 43.7 Å². The van der Waals surface area contributed by atoms with Gasteiger partial charge in [0.15, 0.2) is 0 Å². The van der Waals surface area contributed by atoms with E-state index in [1.165, 1.54) is 5.56 Å². The Kier molecular flexibility index (Phi) is 4.00. The molecule has 1 aliphatic heterocycles. The van der Waals surface area contributed by atoms with Crippen molar-refractivity contribution in [1.29, 1.82) is 0 Å². The minimum Gasteiger partial charge on any atom is -0.338 e. The third-order valence-corrected chi connectivity index (χ3v) is 4.14. The molecule has 0 aliphatic carbocycles. The van der Waals surface area contributed by atoms with Crippen molar-refractivity contribution in [3.63, 3.8) is 0 Å². The highest BCUT2D eigenvalue weighted by molar-refractivity contribution is 5.51. The van der Waals surface area contributed by atoms with E-state index in [4.69, 9.17) is 4.52 Å². The molecule has 3 aromatic heterocycles. The zero-order valence-electron chi connectivity index (χ0n) is 13.5. The number of fused-ring (bicyclic) bond motifs is 1. The third kappa shape index (κ3) is 3.03. The lowest BCUT2D eigenvalue weighted by Gasteiger charge is -2.26. The molecule has 1 aliphatic rings.